The second kappa shape index (κ2) is 9.73. The molecule has 8 nitrogen and oxygen atoms in total. The Bertz CT molecular complexity index is 674. The third kappa shape index (κ3) is 5.97. The van der Waals surface area contributed by atoms with E-state index in [0.29, 0.717) is 41.9 Å². The normalized spacial score (nSPS) is 17.6. The standard InChI is InChI=1S/C13H20F3N5O3S.HI/c1-17-12(19-9-11-4-7-24-20-11)18-8-10-2-5-21(6-3-10)25(22,23)13(14,15)16;/h4,7,10H,2-3,5-6,8-9H2,1H3,(H2,17,18,19);1H. The van der Waals surface area contributed by atoms with Crippen molar-refractivity contribution in [3.05, 3.63) is 18.0 Å². The number of nitrogens with one attached hydrogen (secondary N) is 2. The number of aliphatic imine (C=N–C) groups is 1. The largest absolute Gasteiger partial charge is 0.511 e. The van der Waals surface area contributed by atoms with Crippen molar-refractivity contribution in [2.45, 2.75) is 24.9 Å². The van der Waals surface area contributed by atoms with Crippen molar-refractivity contribution in [2.24, 2.45) is 10.9 Å². The zero-order valence-electron chi connectivity index (χ0n) is 14.0. The fourth-order valence-corrected chi connectivity index (χ4v) is 3.45. The lowest BCUT2D eigenvalue weighted by Crippen LogP contribution is -2.47. The average molecular weight is 511 g/mol. The Hall–Kier alpha value is -1.09. The Kier molecular flexibility index (Phi) is 8.59. The van der Waals surface area contributed by atoms with Crippen LogP contribution in [0.3, 0.4) is 0 Å². The van der Waals surface area contributed by atoms with Crippen LogP contribution in [0.25, 0.3) is 0 Å². The number of rotatable bonds is 5. The first kappa shape index (κ1) is 23.0. The van der Waals surface area contributed by atoms with Gasteiger partial charge < -0.3 is 15.2 Å². The summed E-state index contributed by atoms with van der Waals surface area (Å²) in [4.78, 5) is 4.04. The van der Waals surface area contributed by atoms with Crippen LogP contribution in [-0.2, 0) is 16.6 Å². The van der Waals surface area contributed by atoms with E-state index in [4.69, 9.17) is 4.52 Å². The molecule has 1 saturated heterocycles. The second-order valence-electron chi connectivity index (χ2n) is 5.59. The van der Waals surface area contributed by atoms with Crippen molar-refractivity contribution in [1.29, 1.82) is 0 Å². The Balaban J connectivity index is 0.00000338. The van der Waals surface area contributed by atoms with Gasteiger partial charge in [-0.15, -0.1) is 24.0 Å². The molecule has 1 aromatic heterocycles. The summed E-state index contributed by atoms with van der Waals surface area (Å²) in [5.74, 6) is 0.582. The molecule has 0 atom stereocenters. The zero-order chi connectivity index (χ0) is 18.5. The van der Waals surface area contributed by atoms with Gasteiger partial charge >= 0.3 is 15.5 Å². The van der Waals surface area contributed by atoms with Gasteiger partial charge in [-0.05, 0) is 18.8 Å². The molecule has 0 spiro atoms. The van der Waals surface area contributed by atoms with Crippen molar-refractivity contribution in [3.8, 4) is 0 Å². The molecule has 1 fully saturated rings. The Morgan fingerprint density at radius 1 is 1.38 bits per heavy atom. The fraction of sp³-hybridized carbons (Fsp3) is 0.692. The lowest BCUT2D eigenvalue weighted by molar-refractivity contribution is -0.0496. The van der Waals surface area contributed by atoms with E-state index < -0.39 is 15.5 Å². The highest BCUT2D eigenvalue weighted by atomic mass is 127. The first-order valence-electron chi connectivity index (χ1n) is 7.64. The average Bonchev–Trinajstić information content (AvgIpc) is 3.08. The molecule has 2 N–H and O–H groups in total. The molecule has 26 heavy (non-hydrogen) atoms. The lowest BCUT2D eigenvalue weighted by atomic mass is 9.98. The third-order valence-electron chi connectivity index (χ3n) is 3.92. The molecule has 2 rings (SSSR count). The summed E-state index contributed by atoms with van der Waals surface area (Å²) in [5, 5.41) is 9.85. The van der Waals surface area contributed by atoms with E-state index >= 15 is 0 Å². The number of sulfonamides is 1. The minimum atomic E-state index is -5.24. The van der Waals surface area contributed by atoms with Gasteiger partial charge in [0.1, 0.15) is 12.0 Å². The van der Waals surface area contributed by atoms with Crippen LogP contribution in [0.4, 0.5) is 13.2 Å². The van der Waals surface area contributed by atoms with E-state index in [1.54, 1.807) is 13.1 Å². The Labute approximate surface area is 166 Å². The van der Waals surface area contributed by atoms with E-state index in [2.05, 4.69) is 20.8 Å². The highest BCUT2D eigenvalue weighted by molar-refractivity contribution is 14.0. The van der Waals surface area contributed by atoms with Crippen LogP contribution in [0.5, 0.6) is 0 Å². The van der Waals surface area contributed by atoms with Crippen molar-refractivity contribution in [2.75, 3.05) is 26.7 Å². The molecule has 150 valence electrons. The second-order valence-corrected chi connectivity index (χ2v) is 7.52. The van der Waals surface area contributed by atoms with Crippen LogP contribution in [0.15, 0.2) is 21.8 Å². The highest BCUT2D eigenvalue weighted by Gasteiger charge is 2.50. The lowest BCUT2D eigenvalue weighted by Gasteiger charge is -2.31. The molecule has 1 aliphatic rings. The molecule has 0 aliphatic carbocycles. The number of halogens is 4. The molecule has 0 radical (unpaired) electrons. The van der Waals surface area contributed by atoms with Crippen LogP contribution >= 0.6 is 24.0 Å². The topological polar surface area (TPSA) is 99.8 Å². The number of guanidine groups is 1. The molecule has 1 aliphatic heterocycles. The molecule has 1 aromatic rings. The van der Waals surface area contributed by atoms with E-state index in [1.165, 1.54) is 6.26 Å². The van der Waals surface area contributed by atoms with Crippen molar-refractivity contribution < 1.29 is 26.1 Å². The maximum atomic E-state index is 12.5. The number of nitrogens with zero attached hydrogens (tertiary/aromatic N) is 3. The predicted molar refractivity (Wildman–Crippen MR) is 99.4 cm³/mol. The third-order valence-corrected chi connectivity index (χ3v) is 5.55. The summed E-state index contributed by atoms with van der Waals surface area (Å²) in [6.07, 6.45) is 2.15. The molecule has 13 heteroatoms. The van der Waals surface area contributed by atoms with Gasteiger partial charge in [-0.2, -0.15) is 17.5 Å². The quantitative estimate of drug-likeness (QED) is 0.354. The SMILES string of the molecule is CN=C(NCc1ccon1)NCC1CCN(S(=O)(=O)C(F)(F)F)CC1.I. The van der Waals surface area contributed by atoms with Gasteiger partial charge in [0, 0.05) is 32.7 Å². The van der Waals surface area contributed by atoms with Crippen molar-refractivity contribution in [1.82, 2.24) is 20.1 Å². The van der Waals surface area contributed by atoms with Gasteiger partial charge in [0.05, 0.1) is 6.54 Å². The highest BCUT2D eigenvalue weighted by Crippen LogP contribution is 2.30. The molecule has 0 amide bonds. The summed E-state index contributed by atoms with van der Waals surface area (Å²) in [6.45, 7) is 0.620. The van der Waals surface area contributed by atoms with Gasteiger partial charge in [0.2, 0.25) is 0 Å². The number of hydrogen-bond acceptors (Lipinski definition) is 5. The molecule has 0 aromatic carbocycles. The van der Waals surface area contributed by atoms with Gasteiger partial charge in [-0.3, -0.25) is 4.99 Å². The summed E-state index contributed by atoms with van der Waals surface area (Å²) in [6, 6.07) is 1.71. The fourth-order valence-electron chi connectivity index (χ4n) is 2.46. The smallest absolute Gasteiger partial charge is 0.364 e. The predicted octanol–water partition coefficient (Wildman–Crippen LogP) is 1.52. The molecule has 0 unspecified atom stereocenters. The number of hydrogen-bond donors (Lipinski definition) is 2. The van der Waals surface area contributed by atoms with Crippen LogP contribution in [0, 0.1) is 5.92 Å². The van der Waals surface area contributed by atoms with Crippen molar-refractivity contribution in [3.63, 3.8) is 0 Å². The number of aromatic nitrogens is 1. The summed E-state index contributed by atoms with van der Waals surface area (Å²) < 4.78 is 65.6. The minimum Gasteiger partial charge on any atom is -0.364 e. The number of piperidine rings is 1. The summed E-state index contributed by atoms with van der Waals surface area (Å²) >= 11 is 0. The Morgan fingerprint density at radius 3 is 2.54 bits per heavy atom. The first-order chi connectivity index (χ1) is 11.7. The molecule has 0 saturated carbocycles. The number of alkyl halides is 3. The molecular weight excluding hydrogens is 490 g/mol. The van der Waals surface area contributed by atoms with E-state index in [0.717, 1.165) is 0 Å². The molecular formula is C13H21F3IN5O3S. The van der Waals surface area contributed by atoms with Gasteiger partial charge in [0.25, 0.3) is 0 Å². The summed E-state index contributed by atoms with van der Waals surface area (Å²) in [7, 11) is -3.64. The maximum Gasteiger partial charge on any atom is 0.511 e. The van der Waals surface area contributed by atoms with E-state index in [9.17, 15) is 21.6 Å². The minimum absolute atomic E-state index is 0. The van der Waals surface area contributed by atoms with Crippen LogP contribution in [0.1, 0.15) is 18.5 Å². The summed E-state index contributed by atoms with van der Waals surface area (Å²) in [5.41, 5.74) is -4.54. The van der Waals surface area contributed by atoms with Gasteiger partial charge in [-0.1, -0.05) is 5.16 Å². The monoisotopic (exact) mass is 511 g/mol. The zero-order valence-corrected chi connectivity index (χ0v) is 17.1. The first-order valence-corrected chi connectivity index (χ1v) is 9.08. The van der Waals surface area contributed by atoms with E-state index in [1.807, 2.05) is 0 Å². The van der Waals surface area contributed by atoms with Crippen LogP contribution < -0.4 is 10.6 Å². The van der Waals surface area contributed by atoms with Crippen LogP contribution in [0.2, 0.25) is 0 Å². The van der Waals surface area contributed by atoms with Gasteiger partial charge in [-0.25, -0.2) is 8.42 Å². The van der Waals surface area contributed by atoms with Gasteiger partial charge in [0.15, 0.2) is 5.96 Å². The van der Waals surface area contributed by atoms with E-state index in [-0.39, 0.29) is 43.0 Å². The Morgan fingerprint density at radius 2 is 2.04 bits per heavy atom. The maximum absolute atomic E-state index is 12.5. The molecule has 0 bridgehead atoms. The molecule has 2 heterocycles. The van der Waals surface area contributed by atoms with Crippen LogP contribution in [-0.4, -0.2) is 56.0 Å². The van der Waals surface area contributed by atoms with Crippen molar-refractivity contribution >= 4 is 40.0 Å².